The maximum atomic E-state index is 12.4. The van der Waals surface area contributed by atoms with Gasteiger partial charge in [-0.3, -0.25) is 13.6 Å². The molecule has 0 aliphatic heterocycles. The molecule has 0 aliphatic rings. The van der Waals surface area contributed by atoms with Gasteiger partial charge in [0.15, 0.2) is 0 Å². The van der Waals surface area contributed by atoms with Gasteiger partial charge in [-0.1, -0.05) is 0 Å². The Balaban J connectivity index is 4.23. The van der Waals surface area contributed by atoms with Crippen molar-refractivity contribution in [2.45, 2.75) is 0 Å². The van der Waals surface area contributed by atoms with E-state index >= 15 is 0 Å². The summed E-state index contributed by atoms with van der Waals surface area (Å²) in [5.74, 6) is 0. The Hall–Kier alpha value is -0.0100. The second kappa shape index (κ2) is 10.7. The van der Waals surface area contributed by atoms with E-state index in [0.717, 1.165) is 0 Å². The summed E-state index contributed by atoms with van der Waals surface area (Å²) >= 11 is 0. The zero-order valence-electron chi connectivity index (χ0n) is 13.7. The molecule has 0 unspecified atom stereocenters. The number of hydrogen-bond acceptors (Lipinski definition) is 7. The third kappa shape index (κ3) is 11.8. The Bertz CT molecular complexity index is 245. The molecule has 0 radical (unpaired) electrons. The van der Waals surface area contributed by atoms with Gasteiger partial charge in [0.25, 0.3) is 0 Å². The van der Waals surface area contributed by atoms with Gasteiger partial charge < -0.3 is 14.7 Å². The van der Waals surface area contributed by atoms with Gasteiger partial charge in [-0.05, 0) is 42.3 Å². The monoisotopic (exact) mass is 311 g/mol. The number of likely N-dealkylation sites (N-methyl/N-ethyl adjacent to an activating group) is 3. The first-order valence-electron chi connectivity index (χ1n) is 6.73. The van der Waals surface area contributed by atoms with E-state index in [9.17, 15) is 4.57 Å². The summed E-state index contributed by atoms with van der Waals surface area (Å²) in [5, 5.41) is 0. The van der Waals surface area contributed by atoms with E-state index in [4.69, 9.17) is 13.6 Å². The maximum absolute atomic E-state index is 12.4. The number of phosphoric acid groups is 1. The van der Waals surface area contributed by atoms with E-state index in [-0.39, 0.29) is 0 Å². The van der Waals surface area contributed by atoms with Crippen LogP contribution < -0.4 is 0 Å². The van der Waals surface area contributed by atoms with Gasteiger partial charge in [-0.25, -0.2) is 4.57 Å². The number of nitrogens with zero attached hydrogens (tertiary/aromatic N) is 3. The minimum absolute atomic E-state index is 0.314. The van der Waals surface area contributed by atoms with Gasteiger partial charge in [0.1, 0.15) is 0 Å². The topological polar surface area (TPSA) is 54.5 Å². The molecular weight excluding hydrogens is 281 g/mol. The van der Waals surface area contributed by atoms with Crippen LogP contribution in [0, 0.1) is 0 Å². The first-order chi connectivity index (χ1) is 9.25. The van der Waals surface area contributed by atoms with Crippen molar-refractivity contribution in [2.24, 2.45) is 0 Å². The molecule has 0 spiro atoms. The van der Waals surface area contributed by atoms with Gasteiger partial charge in [0, 0.05) is 19.6 Å². The van der Waals surface area contributed by atoms with E-state index in [1.54, 1.807) is 0 Å². The summed E-state index contributed by atoms with van der Waals surface area (Å²) in [5.41, 5.74) is 0. The molecule has 0 aromatic carbocycles. The quantitative estimate of drug-likeness (QED) is 0.495. The molecule has 0 amide bonds. The highest BCUT2D eigenvalue weighted by molar-refractivity contribution is 7.48. The van der Waals surface area contributed by atoms with Gasteiger partial charge in [0.2, 0.25) is 0 Å². The molecule has 0 N–H and O–H groups in total. The summed E-state index contributed by atoms with van der Waals surface area (Å²) in [6.45, 7) is 2.94. The fourth-order valence-corrected chi connectivity index (χ4v) is 2.26. The predicted molar refractivity (Wildman–Crippen MR) is 81.1 cm³/mol. The predicted octanol–water partition coefficient (Wildman–Crippen LogP) is 0.829. The van der Waals surface area contributed by atoms with Crippen molar-refractivity contribution in [3.05, 3.63) is 0 Å². The number of phosphoric ester groups is 1. The summed E-state index contributed by atoms with van der Waals surface area (Å²) in [6, 6.07) is 0. The van der Waals surface area contributed by atoms with Gasteiger partial charge in [-0.2, -0.15) is 0 Å². The fraction of sp³-hybridized carbons (Fsp3) is 1.00. The van der Waals surface area contributed by atoms with Crippen molar-refractivity contribution in [2.75, 3.05) is 81.7 Å². The molecule has 0 aromatic heterocycles. The fourth-order valence-electron chi connectivity index (χ4n) is 1.12. The lowest BCUT2D eigenvalue weighted by molar-refractivity contribution is 0.0973. The van der Waals surface area contributed by atoms with Crippen LogP contribution in [-0.2, 0) is 18.1 Å². The summed E-state index contributed by atoms with van der Waals surface area (Å²) in [6.07, 6.45) is 0. The highest BCUT2D eigenvalue weighted by Crippen LogP contribution is 2.49. The Morgan fingerprint density at radius 1 is 0.650 bits per heavy atom. The van der Waals surface area contributed by atoms with Crippen LogP contribution in [0.5, 0.6) is 0 Å². The lowest BCUT2D eigenvalue weighted by Crippen LogP contribution is -2.22. The molecule has 0 aromatic rings. The third-order valence-corrected chi connectivity index (χ3v) is 3.86. The van der Waals surface area contributed by atoms with E-state index < -0.39 is 7.82 Å². The molecule has 0 saturated carbocycles. The van der Waals surface area contributed by atoms with Gasteiger partial charge in [-0.15, -0.1) is 0 Å². The van der Waals surface area contributed by atoms with Crippen LogP contribution in [0.4, 0.5) is 0 Å². The van der Waals surface area contributed by atoms with Gasteiger partial charge in [0.05, 0.1) is 19.8 Å². The largest absolute Gasteiger partial charge is 0.474 e. The maximum Gasteiger partial charge on any atom is 0.474 e. The van der Waals surface area contributed by atoms with Crippen molar-refractivity contribution in [3.8, 4) is 0 Å². The van der Waals surface area contributed by atoms with E-state index in [1.807, 2.05) is 57.0 Å². The number of rotatable bonds is 12. The van der Waals surface area contributed by atoms with Crippen LogP contribution in [-0.4, -0.2) is 96.4 Å². The molecule has 0 fully saturated rings. The molecule has 0 rings (SSSR count). The summed E-state index contributed by atoms with van der Waals surface area (Å²) in [7, 11) is 8.08. The van der Waals surface area contributed by atoms with Crippen molar-refractivity contribution in [3.63, 3.8) is 0 Å². The number of hydrogen-bond donors (Lipinski definition) is 0. The molecule has 0 aliphatic carbocycles. The lowest BCUT2D eigenvalue weighted by Gasteiger charge is -2.21. The van der Waals surface area contributed by atoms with Crippen molar-refractivity contribution < 1.29 is 18.1 Å². The van der Waals surface area contributed by atoms with Gasteiger partial charge >= 0.3 is 7.82 Å². The SMILES string of the molecule is CN(C)CCOP(=O)(OCCN(C)C)OCCN(C)C. The first kappa shape index (κ1) is 20.0. The highest BCUT2D eigenvalue weighted by Gasteiger charge is 2.26. The van der Waals surface area contributed by atoms with Crippen molar-refractivity contribution in [1.82, 2.24) is 14.7 Å². The standard InChI is InChI=1S/C12H30N3O4P/c1-13(2)7-10-17-20(16,18-11-8-14(3)4)19-12-9-15(5)6/h7-12H2,1-6H3. The Morgan fingerprint density at radius 2 is 0.900 bits per heavy atom. The molecule has 20 heavy (non-hydrogen) atoms. The summed E-state index contributed by atoms with van der Waals surface area (Å²) < 4.78 is 28.4. The molecule has 122 valence electrons. The minimum atomic E-state index is -3.47. The van der Waals surface area contributed by atoms with Crippen molar-refractivity contribution >= 4 is 7.82 Å². The smallest absolute Gasteiger partial charge is 0.307 e. The Kier molecular flexibility index (Phi) is 10.7. The van der Waals surface area contributed by atoms with E-state index in [0.29, 0.717) is 39.5 Å². The minimum Gasteiger partial charge on any atom is -0.307 e. The van der Waals surface area contributed by atoms with Crippen molar-refractivity contribution in [1.29, 1.82) is 0 Å². The average Bonchev–Trinajstić information content (AvgIpc) is 2.27. The lowest BCUT2D eigenvalue weighted by atomic mass is 10.6. The van der Waals surface area contributed by atoms with E-state index in [2.05, 4.69) is 0 Å². The summed E-state index contributed by atoms with van der Waals surface area (Å²) in [4.78, 5) is 5.85. The zero-order chi connectivity index (χ0) is 15.6. The molecule has 0 bridgehead atoms. The molecule has 7 nitrogen and oxygen atoms in total. The third-order valence-electron chi connectivity index (χ3n) is 2.36. The molecule has 0 heterocycles. The van der Waals surface area contributed by atoms with Crippen LogP contribution in [0.15, 0.2) is 0 Å². The second-order valence-electron chi connectivity index (χ2n) is 5.36. The zero-order valence-corrected chi connectivity index (χ0v) is 14.6. The van der Waals surface area contributed by atoms with Crippen LogP contribution >= 0.6 is 7.82 Å². The van der Waals surface area contributed by atoms with Crippen LogP contribution in [0.3, 0.4) is 0 Å². The van der Waals surface area contributed by atoms with E-state index in [1.165, 1.54) is 0 Å². The average molecular weight is 311 g/mol. The Morgan fingerprint density at radius 3 is 1.10 bits per heavy atom. The highest BCUT2D eigenvalue weighted by atomic mass is 31.2. The molecule has 0 saturated heterocycles. The molecule has 0 atom stereocenters. The molecule has 8 heteroatoms. The first-order valence-corrected chi connectivity index (χ1v) is 8.19. The van der Waals surface area contributed by atoms with Crippen LogP contribution in [0.2, 0.25) is 0 Å². The normalized spacial score (nSPS) is 12.8. The van der Waals surface area contributed by atoms with Crippen LogP contribution in [0.25, 0.3) is 0 Å². The Labute approximate surface area is 123 Å². The van der Waals surface area contributed by atoms with Crippen LogP contribution in [0.1, 0.15) is 0 Å². The second-order valence-corrected chi connectivity index (χ2v) is 7.03. The molecular formula is C12H30N3O4P.